The summed E-state index contributed by atoms with van der Waals surface area (Å²) in [7, 11) is 0. The Bertz CT molecular complexity index is 1180. The Morgan fingerprint density at radius 1 is 1.04 bits per heavy atom. The lowest BCUT2D eigenvalue weighted by molar-refractivity contribution is -0.259. The number of fused-ring (bicyclic) bond motifs is 4. The Balaban J connectivity index is 1.02. The van der Waals surface area contributed by atoms with Crippen LogP contribution in [0.1, 0.15) is 125 Å². The predicted octanol–water partition coefficient (Wildman–Crippen LogP) is 6.25. The van der Waals surface area contributed by atoms with Gasteiger partial charge >= 0.3 is 11.9 Å². The van der Waals surface area contributed by atoms with E-state index in [2.05, 4.69) is 19.9 Å². The van der Waals surface area contributed by atoms with Gasteiger partial charge in [-0.15, -0.1) is 0 Å². The van der Waals surface area contributed by atoms with Crippen LogP contribution in [0.2, 0.25) is 0 Å². The highest BCUT2D eigenvalue weighted by atomic mass is 16.7. The van der Waals surface area contributed by atoms with E-state index in [-0.39, 0.29) is 43.5 Å². The van der Waals surface area contributed by atoms with Crippen molar-refractivity contribution in [1.29, 1.82) is 0 Å². The standard InChI is InChI=1S/C37H58O8/c1-23-29(9-7-8-18-38)43-30-20-28-26-11-10-24-19-25(14-16-35(24,6)27(26)15-17-36(28)21-37(23,30)36)42-31(40)12-13-32(41)44-34(4,5)45-33(2,3)22-39/h10,23,25-30,38-39H,7-9,11-22H2,1-6H3/t23-,25+,26-,27?,28-,29-,30?,35+,36-,37-/m1/s1. The van der Waals surface area contributed by atoms with Crippen molar-refractivity contribution in [2.75, 3.05) is 13.2 Å². The van der Waals surface area contributed by atoms with Crippen LogP contribution in [0.15, 0.2) is 11.6 Å². The van der Waals surface area contributed by atoms with Gasteiger partial charge in [0.05, 0.1) is 37.3 Å². The summed E-state index contributed by atoms with van der Waals surface area (Å²) in [6, 6.07) is 0. The van der Waals surface area contributed by atoms with Gasteiger partial charge < -0.3 is 29.2 Å². The van der Waals surface area contributed by atoms with Crippen LogP contribution in [0.5, 0.6) is 0 Å². The maximum absolute atomic E-state index is 12.8. The van der Waals surface area contributed by atoms with E-state index in [1.165, 1.54) is 31.3 Å². The quantitative estimate of drug-likeness (QED) is 0.113. The second-order valence-electron chi connectivity index (χ2n) is 16.8. The highest BCUT2D eigenvalue weighted by molar-refractivity contribution is 5.78. The molecule has 0 radical (unpaired) electrons. The molecule has 5 aliphatic carbocycles. The minimum atomic E-state index is -1.21. The van der Waals surface area contributed by atoms with Crippen molar-refractivity contribution in [3.63, 3.8) is 0 Å². The average Bonchev–Trinajstić information content (AvgIpc) is 3.44. The molecule has 0 bridgehead atoms. The molecule has 0 aromatic rings. The summed E-state index contributed by atoms with van der Waals surface area (Å²) in [4.78, 5) is 25.2. The molecule has 1 heterocycles. The molecular formula is C37H58O8. The molecule has 6 aliphatic rings. The number of aliphatic hydroxyl groups excluding tert-OH is 2. The number of hydrogen-bond acceptors (Lipinski definition) is 8. The van der Waals surface area contributed by atoms with Crippen LogP contribution in [0, 0.1) is 39.9 Å². The highest BCUT2D eigenvalue weighted by Gasteiger charge is 2.84. The maximum atomic E-state index is 12.8. The first-order valence-electron chi connectivity index (χ1n) is 17.9. The first kappa shape index (κ1) is 33.4. The van der Waals surface area contributed by atoms with Crippen molar-refractivity contribution in [3.05, 3.63) is 11.6 Å². The fourth-order valence-electron chi connectivity index (χ4n) is 11.5. The van der Waals surface area contributed by atoms with E-state index in [0.717, 1.165) is 56.8 Å². The fourth-order valence-corrected chi connectivity index (χ4v) is 11.5. The lowest BCUT2D eigenvalue weighted by atomic mass is 9.49. The molecule has 5 fully saturated rings. The molecule has 1 saturated heterocycles. The Hall–Kier alpha value is -1.48. The largest absolute Gasteiger partial charge is 0.462 e. The molecule has 10 atom stereocenters. The number of aliphatic hydroxyl groups is 2. The van der Waals surface area contributed by atoms with Crippen LogP contribution in [-0.2, 0) is 28.5 Å². The Morgan fingerprint density at radius 3 is 2.53 bits per heavy atom. The first-order valence-corrected chi connectivity index (χ1v) is 17.9. The van der Waals surface area contributed by atoms with Crippen molar-refractivity contribution < 1.29 is 38.7 Å². The monoisotopic (exact) mass is 630 g/mol. The van der Waals surface area contributed by atoms with Gasteiger partial charge in [-0.05, 0) is 113 Å². The van der Waals surface area contributed by atoms with E-state index in [4.69, 9.17) is 18.9 Å². The first-order chi connectivity index (χ1) is 21.2. The smallest absolute Gasteiger partial charge is 0.308 e. The summed E-state index contributed by atoms with van der Waals surface area (Å²) in [5, 5.41) is 18.7. The molecule has 254 valence electrons. The number of unbranched alkanes of at least 4 members (excludes halogenated alkanes) is 1. The third-order valence-electron chi connectivity index (χ3n) is 13.4. The van der Waals surface area contributed by atoms with Crippen LogP contribution in [0.4, 0.5) is 0 Å². The van der Waals surface area contributed by atoms with Crippen molar-refractivity contribution in [2.45, 2.75) is 155 Å². The minimum Gasteiger partial charge on any atom is -0.462 e. The average molecular weight is 631 g/mol. The molecule has 2 N–H and O–H groups in total. The number of carbonyl (C=O) groups excluding carboxylic acids is 2. The topological polar surface area (TPSA) is 112 Å². The fraction of sp³-hybridized carbons (Fsp3) is 0.892. The number of rotatable bonds is 12. The zero-order valence-corrected chi connectivity index (χ0v) is 28.6. The summed E-state index contributed by atoms with van der Waals surface area (Å²) >= 11 is 0. The zero-order chi connectivity index (χ0) is 32.4. The Kier molecular flexibility index (Phi) is 8.83. The number of carbonyl (C=O) groups is 2. The lowest BCUT2D eigenvalue weighted by Gasteiger charge is -2.56. The van der Waals surface area contributed by atoms with Gasteiger partial charge in [0.1, 0.15) is 6.10 Å². The van der Waals surface area contributed by atoms with Crippen molar-refractivity contribution in [1.82, 2.24) is 0 Å². The van der Waals surface area contributed by atoms with Gasteiger partial charge in [0.2, 0.25) is 5.79 Å². The molecule has 8 nitrogen and oxygen atoms in total. The number of ether oxygens (including phenoxy) is 4. The zero-order valence-electron chi connectivity index (χ0n) is 28.6. The normalized spacial score (nSPS) is 41.6. The number of allylic oxidation sites excluding steroid dienone is 1. The van der Waals surface area contributed by atoms with Gasteiger partial charge in [-0.2, -0.15) is 0 Å². The molecule has 0 amide bonds. The van der Waals surface area contributed by atoms with Crippen molar-refractivity contribution >= 4 is 11.9 Å². The van der Waals surface area contributed by atoms with E-state index >= 15 is 0 Å². The number of hydrogen-bond donors (Lipinski definition) is 2. The van der Waals surface area contributed by atoms with E-state index < -0.39 is 17.4 Å². The minimum absolute atomic E-state index is 0.0225. The molecule has 2 unspecified atom stereocenters. The molecule has 1 aliphatic heterocycles. The molecule has 8 heteroatoms. The van der Waals surface area contributed by atoms with Crippen LogP contribution in [0.3, 0.4) is 0 Å². The summed E-state index contributed by atoms with van der Waals surface area (Å²) in [5.74, 6) is 0.704. The van der Waals surface area contributed by atoms with Gasteiger partial charge in [0.25, 0.3) is 0 Å². The summed E-state index contributed by atoms with van der Waals surface area (Å²) in [6.07, 6.45) is 15.2. The predicted molar refractivity (Wildman–Crippen MR) is 169 cm³/mol. The van der Waals surface area contributed by atoms with Gasteiger partial charge in [0, 0.05) is 32.3 Å². The Labute approximate surface area is 270 Å². The second kappa shape index (κ2) is 11.9. The van der Waals surface area contributed by atoms with E-state index in [1.807, 2.05) is 0 Å². The third kappa shape index (κ3) is 5.72. The third-order valence-corrected chi connectivity index (χ3v) is 13.4. The maximum Gasteiger partial charge on any atom is 0.308 e. The van der Waals surface area contributed by atoms with Gasteiger partial charge in [0.15, 0.2) is 0 Å². The molecule has 0 aromatic heterocycles. The van der Waals surface area contributed by atoms with Crippen molar-refractivity contribution in [3.8, 4) is 0 Å². The van der Waals surface area contributed by atoms with E-state index in [1.54, 1.807) is 27.7 Å². The van der Waals surface area contributed by atoms with Crippen LogP contribution in [-0.4, -0.2) is 65.1 Å². The molecule has 45 heavy (non-hydrogen) atoms. The summed E-state index contributed by atoms with van der Waals surface area (Å²) < 4.78 is 23.9. The van der Waals surface area contributed by atoms with Crippen molar-refractivity contribution in [2.24, 2.45) is 39.9 Å². The van der Waals surface area contributed by atoms with Gasteiger partial charge in [-0.25, -0.2) is 0 Å². The van der Waals surface area contributed by atoms with Crippen LogP contribution < -0.4 is 0 Å². The molecule has 0 aromatic carbocycles. The number of esters is 2. The highest BCUT2D eigenvalue weighted by Crippen LogP contribution is 2.87. The SMILES string of the molecule is C[C@@H]1[C@@H](CCCCO)OC2C[C@@H]3[C@@H]4CC=C5C[C@@H](OC(=O)CCC(=O)OC(C)(C)OC(C)(C)CO)CC[C@]5(C)C4CC[C@@]34C[C@]214. The summed E-state index contributed by atoms with van der Waals surface area (Å²) in [5.41, 5.74) is 1.68. The van der Waals surface area contributed by atoms with Crippen LogP contribution >= 0.6 is 0 Å². The molecule has 4 saturated carbocycles. The Morgan fingerprint density at radius 2 is 1.80 bits per heavy atom. The molecular weight excluding hydrogens is 572 g/mol. The summed E-state index contributed by atoms with van der Waals surface area (Å²) in [6.45, 7) is 11.7. The van der Waals surface area contributed by atoms with Gasteiger partial charge in [-0.1, -0.05) is 25.5 Å². The molecule has 2 spiro atoms. The van der Waals surface area contributed by atoms with E-state index in [9.17, 15) is 19.8 Å². The van der Waals surface area contributed by atoms with Crippen LogP contribution in [0.25, 0.3) is 0 Å². The lowest BCUT2D eigenvalue weighted by Crippen LogP contribution is -2.48. The van der Waals surface area contributed by atoms with E-state index in [0.29, 0.717) is 34.9 Å². The molecule has 6 rings (SSSR count). The second-order valence-corrected chi connectivity index (χ2v) is 16.8. The van der Waals surface area contributed by atoms with Gasteiger partial charge in [-0.3, -0.25) is 9.59 Å².